The predicted octanol–water partition coefficient (Wildman–Crippen LogP) is 3.25. The van der Waals surface area contributed by atoms with E-state index in [4.69, 9.17) is 5.11 Å². The van der Waals surface area contributed by atoms with Crippen LogP contribution in [0, 0.1) is 5.92 Å². The van der Waals surface area contributed by atoms with E-state index in [0.29, 0.717) is 18.4 Å². The first-order valence-corrected chi connectivity index (χ1v) is 6.56. The van der Waals surface area contributed by atoms with E-state index >= 15 is 0 Å². The fraction of sp³-hybridized carbons (Fsp3) is 0.400. The van der Waals surface area contributed by atoms with Crippen LogP contribution in [0.1, 0.15) is 24.8 Å². The molecule has 2 unspecified atom stereocenters. The van der Waals surface area contributed by atoms with Gasteiger partial charge in [-0.3, -0.25) is 0 Å². The van der Waals surface area contributed by atoms with Gasteiger partial charge in [-0.15, -0.1) is 0 Å². The molecule has 114 valence electrons. The van der Waals surface area contributed by atoms with Gasteiger partial charge in [-0.05, 0) is 30.4 Å². The molecule has 0 aromatic heterocycles. The average Bonchev–Trinajstić information content (AvgIpc) is 2.46. The summed E-state index contributed by atoms with van der Waals surface area (Å²) in [5, 5.41) is 18.9. The number of carboxylic acids is 1. The zero-order chi connectivity index (χ0) is 15.7. The van der Waals surface area contributed by atoms with Crippen molar-refractivity contribution in [3.05, 3.63) is 42.0 Å². The molecule has 1 aliphatic rings. The van der Waals surface area contributed by atoms with Gasteiger partial charge in [0.1, 0.15) is 0 Å². The van der Waals surface area contributed by atoms with Crippen molar-refractivity contribution in [2.75, 3.05) is 0 Å². The highest BCUT2D eigenvalue weighted by Gasteiger charge is 2.65. The maximum absolute atomic E-state index is 13.2. The Kier molecular flexibility index (Phi) is 4.09. The number of rotatable bonds is 3. The topological polar surface area (TPSA) is 57.5 Å². The minimum absolute atomic E-state index is 0.0248. The van der Waals surface area contributed by atoms with Crippen molar-refractivity contribution in [3.8, 4) is 0 Å². The Balaban J connectivity index is 2.52. The first-order valence-electron chi connectivity index (χ1n) is 6.56. The lowest BCUT2D eigenvalue weighted by Crippen LogP contribution is -2.58. The van der Waals surface area contributed by atoms with Gasteiger partial charge in [0.2, 0.25) is 0 Å². The summed E-state index contributed by atoms with van der Waals surface area (Å²) in [5.41, 5.74) is -3.02. The van der Waals surface area contributed by atoms with E-state index in [1.165, 1.54) is 0 Å². The molecule has 0 saturated heterocycles. The van der Waals surface area contributed by atoms with E-state index < -0.39 is 23.7 Å². The van der Waals surface area contributed by atoms with Gasteiger partial charge in [-0.25, -0.2) is 4.79 Å². The monoisotopic (exact) mass is 300 g/mol. The Bertz CT molecular complexity index is 551. The number of allylic oxidation sites excluding steroid dienone is 1. The molecule has 0 bridgehead atoms. The van der Waals surface area contributed by atoms with Crippen LogP contribution in [0.5, 0.6) is 0 Å². The lowest BCUT2D eigenvalue weighted by Gasteiger charge is -2.37. The lowest BCUT2D eigenvalue weighted by atomic mass is 9.73. The molecule has 0 radical (unpaired) electrons. The van der Waals surface area contributed by atoms with E-state index in [1.807, 2.05) is 0 Å². The second-order valence-electron chi connectivity index (χ2n) is 5.08. The van der Waals surface area contributed by atoms with Crippen LogP contribution in [-0.2, 0) is 4.79 Å². The van der Waals surface area contributed by atoms with Crippen LogP contribution in [0.3, 0.4) is 0 Å². The molecule has 3 nitrogen and oxygen atoms in total. The Hall–Kier alpha value is -1.82. The number of alkyl halides is 3. The number of hydrogen-bond donors (Lipinski definition) is 2. The van der Waals surface area contributed by atoms with Crippen LogP contribution in [-0.4, -0.2) is 28.0 Å². The summed E-state index contributed by atoms with van der Waals surface area (Å²) in [6, 6.07) is 8.27. The fourth-order valence-electron chi connectivity index (χ4n) is 2.73. The minimum atomic E-state index is -5.24. The van der Waals surface area contributed by atoms with Crippen LogP contribution in [0.4, 0.5) is 13.2 Å². The zero-order valence-corrected chi connectivity index (χ0v) is 11.1. The van der Waals surface area contributed by atoms with E-state index in [0.717, 1.165) is 0 Å². The summed E-state index contributed by atoms with van der Waals surface area (Å²) in [6.07, 6.45) is -2.71. The first-order chi connectivity index (χ1) is 9.78. The summed E-state index contributed by atoms with van der Waals surface area (Å²) >= 11 is 0. The van der Waals surface area contributed by atoms with Crippen LogP contribution in [0.25, 0.3) is 5.57 Å². The predicted molar refractivity (Wildman–Crippen MR) is 70.4 cm³/mol. The first kappa shape index (κ1) is 15.6. The highest BCUT2D eigenvalue weighted by molar-refractivity contribution is 5.84. The molecule has 6 heteroatoms. The lowest BCUT2D eigenvalue weighted by molar-refractivity contribution is -0.271. The normalized spacial score (nSPS) is 22.3. The van der Waals surface area contributed by atoms with Crippen molar-refractivity contribution in [3.63, 3.8) is 0 Å². The average molecular weight is 300 g/mol. The zero-order valence-electron chi connectivity index (χ0n) is 11.1. The SMILES string of the molecule is O=C(O)C(O)(C1CCCC=C1c1ccccc1)C(F)(F)F. The van der Waals surface area contributed by atoms with E-state index in [2.05, 4.69) is 0 Å². The number of aliphatic carboxylic acids is 1. The largest absolute Gasteiger partial charge is 0.479 e. The molecule has 1 aromatic rings. The van der Waals surface area contributed by atoms with E-state index in [9.17, 15) is 23.1 Å². The van der Waals surface area contributed by atoms with Gasteiger partial charge < -0.3 is 10.2 Å². The molecule has 0 spiro atoms. The third-order valence-corrected chi connectivity index (χ3v) is 3.81. The number of halogens is 3. The molecular formula is C15H15F3O3. The number of benzene rings is 1. The van der Waals surface area contributed by atoms with Crippen LogP contribution < -0.4 is 0 Å². The Labute approximate surface area is 119 Å². The summed E-state index contributed by atoms with van der Waals surface area (Å²) in [4.78, 5) is 11.1. The molecule has 1 aromatic carbocycles. The fourth-order valence-corrected chi connectivity index (χ4v) is 2.73. The van der Waals surface area contributed by atoms with Crippen molar-refractivity contribution >= 4 is 11.5 Å². The quantitative estimate of drug-likeness (QED) is 0.901. The van der Waals surface area contributed by atoms with Crippen molar-refractivity contribution in [1.29, 1.82) is 0 Å². The van der Waals surface area contributed by atoms with Gasteiger partial charge in [-0.2, -0.15) is 13.2 Å². The molecular weight excluding hydrogens is 285 g/mol. The molecule has 0 saturated carbocycles. The second-order valence-corrected chi connectivity index (χ2v) is 5.08. The maximum Gasteiger partial charge on any atom is 0.428 e. The molecule has 2 atom stereocenters. The number of hydrogen-bond acceptors (Lipinski definition) is 2. The van der Waals surface area contributed by atoms with Gasteiger partial charge in [-0.1, -0.05) is 36.4 Å². The summed E-state index contributed by atoms with van der Waals surface area (Å²) in [5.74, 6) is -3.77. The Morgan fingerprint density at radius 1 is 1.19 bits per heavy atom. The maximum atomic E-state index is 13.2. The van der Waals surface area contributed by atoms with Crippen LogP contribution in [0.15, 0.2) is 36.4 Å². The molecule has 2 rings (SSSR count). The van der Waals surface area contributed by atoms with Gasteiger partial charge in [0.25, 0.3) is 5.60 Å². The number of aliphatic hydroxyl groups is 1. The summed E-state index contributed by atoms with van der Waals surface area (Å²) < 4.78 is 39.5. The summed E-state index contributed by atoms with van der Waals surface area (Å²) in [6.45, 7) is 0. The molecule has 0 fully saturated rings. The third kappa shape index (κ3) is 2.68. The smallest absolute Gasteiger partial charge is 0.428 e. The number of carboxylic acid groups (broad SMARTS) is 1. The summed E-state index contributed by atoms with van der Waals surface area (Å²) in [7, 11) is 0. The van der Waals surface area contributed by atoms with Crippen LogP contribution >= 0.6 is 0 Å². The standard InChI is InChI=1S/C15H15F3O3/c16-15(17,18)14(21,13(19)20)12-9-5-4-8-11(12)10-6-2-1-3-7-10/h1-3,6-8,12,21H,4-5,9H2,(H,19,20). The van der Waals surface area contributed by atoms with Gasteiger partial charge in [0.05, 0.1) is 0 Å². The van der Waals surface area contributed by atoms with Crippen molar-refractivity contribution in [1.82, 2.24) is 0 Å². The molecule has 0 amide bonds. The Morgan fingerprint density at radius 3 is 2.33 bits per heavy atom. The van der Waals surface area contributed by atoms with Gasteiger partial charge in [0, 0.05) is 5.92 Å². The molecule has 1 aliphatic carbocycles. The molecule has 0 heterocycles. The van der Waals surface area contributed by atoms with Crippen molar-refractivity contribution < 1.29 is 28.2 Å². The van der Waals surface area contributed by atoms with Gasteiger partial charge >= 0.3 is 12.1 Å². The highest BCUT2D eigenvalue weighted by Crippen LogP contribution is 2.46. The molecule has 2 N–H and O–H groups in total. The van der Waals surface area contributed by atoms with E-state index in [1.54, 1.807) is 36.4 Å². The third-order valence-electron chi connectivity index (χ3n) is 3.81. The molecule has 21 heavy (non-hydrogen) atoms. The molecule has 0 aliphatic heterocycles. The highest BCUT2D eigenvalue weighted by atomic mass is 19.4. The van der Waals surface area contributed by atoms with Crippen molar-refractivity contribution in [2.45, 2.75) is 31.0 Å². The minimum Gasteiger partial charge on any atom is -0.479 e. The van der Waals surface area contributed by atoms with E-state index in [-0.39, 0.29) is 12.0 Å². The van der Waals surface area contributed by atoms with Gasteiger partial charge in [0.15, 0.2) is 0 Å². The number of carbonyl (C=O) groups is 1. The Morgan fingerprint density at radius 2 is 1.81 bits per heavy atom. The van der Waals surface area contributed by atoms with Crippen molar-refractivity contribution in [2.24, 2.45) is 5.92 Å². The van der Waals surface area contributed by atoms with Crippen LogP contribution in [0.2, 0.25) is 0 Å². The second kappa shape index (κ2) is 5.52.